The van der Waals surface area contributed by atoms with E-state index < -0.39 is 82.3 Å². The van der Waals surface area contributed by atoms with E-state index in [0.717, 1.165) is 18.2 Å². The summed E-state index contributed by atoms with van der Waals surface area (Å²) in [5, 5.41) is 6.94. The number of carbonyl (C=O) groups is 3. The summed E-state index contributed by atoms with van der Waals surface area (Å²) >= 11 is 18.6. The number of benzene rings is 3. The predicted molar refractivity (Wildman–Crippen MR) is 157 cm³/mol. The zero-order chi connectivity index (χ0) is 35.1. The monoisotopic (exact) mass is 731 g/mol. The van der Waals surface area contributed by atoms with Crippen LogP contribution in [0.25, 0.3) is 0 Å². The Hall–Kier alpha value is -3.66. The summed E-state index contributed by atoms with van der Waals surface area (Å²) < 4.78 is 107. The lowest BCUT2D eigenvalue weighted by atomic mass is 10.0. The summed E-state index contributed by atoms with van der Waals surface area (Å²) in [4.78, 5) is 37.9. The molecule has 18 heteroatoms. The lowest BCUT2D eigenvalue weighted by Gasteiger charge is -2.14. The van der Waals surface area contributed by atoms with Gasteiger partial charge in [0.1, 0.15) is 29.2 Å². The van der Waals surface area contributed by atoms with Gasteiger partial charge in [0, 0.05) is 17.2 Å². The number of anilines is 3. The average Bonchev–Trinajstić information content (AvgIpc) is 3.53. The van der Waals surface area contributed by atoms with Gasteiger partial charge in [0.15, 0.2) is 0 Å². The summed E-state index contributed by atoms with van der Waals surface area (Å²) in [5.41, 5.74) is -2.56. The molecule has 2 atom stereocenters. The van der Waals surface area contributed by atoms with Crippen LogP contribution in [0.5, 0.6) is 0 Å². The van der Waals surface area contributed by atoms with E-state index in [2.05, 4.69) is 15.4 Å². The highest BCUT2D eigenvalue weighted by Crippen LogP contribution is 2.65. The van der Waals surface area contributed by atoms with E-state index in [4.69, 9.17) is 34.8 Å². The van der Waals surface area contributed by atoms with Crippen molar-refractivity contribution in [2.75, 3.05) is 29.2 Å². The predicted octanol–water partition coefficient (Wildman–Crippen LogP) is 8.24. The van der Waals surface area contributed by atoms with Crippen molar-refractivity contribution in [3.8, 4) is 0 Å². The Labute approximate surface area is 275 Å². The quantitative estimate of drug-likeness (QED) is 0.153. The normalized spacial score (nSPS) is 17.2. The van der Waals surface area contributed by atoms with E-state index in [1.165, 1.54) is 25.1 Å². The zero-order valence-electron chi connectivity index (χ0n) is 23.5. The molecule has 252 valence electrons. The van der Waals surface area contributed by atoms with Gasteiger partial charge in [0.05, 0.1) is 27.9 Å². The molecular formula is C29H20Cl3F8N3O4. The first kappa shape index (κ1) is 36.2. The highest BCUT2D eigenvalue weighted by molar-refractivity contribution is 6.53. The zero-order valence-corrected chi connectivity index (χ0v) is 25.7. The van der Waals surface area contributed by atoms with Gasteiger partial charge in [-0.1, -0.05) is 17.7 Å². The van der Waals surface area contributed by atoms with Gasteiger partial charge in [0.2, 0.25) is 11.8 Å². The summed E-state index contributed by atoms with van der Waals surface area (Å²) in [6.45, 7) is -1.49. The third kappa shape index (κ3) is 8.44. The lowest BCUT2D eigenvalue weighted by Crippen LogP contribution is -2.24. The Kier molecular flexibility index (Phi) is 10.4. The lowest BCUT2D eigenvalue weighted by molar-refractivity contribution is -0.174. The van der Waals surface area contributed by atoms with Crippen molar-refractivity contribution in [1.29, 1.82) is 0 Å². The largest absolute Gasteiger partial charge is 0.419 e. The van der Waals surface area contributed by atoms with Crippen LogP contribution in [-0.2, 0) is 20.5 Å². The molecule has 3 aromatic carbocycles. The molecule has 1 saturated carbocycles. The van der Waals surface area contributed by atoms with E-state index in [1.807, 2.05) is 5.32 Å². The number of ether oxygens (including phenoxy) is 1. The molecule has 0 radical (unpaired) electrons. The molecule has 4 rings (SSSR count). The molecule has 0 spiro atoms. The van der Waals surface area contributed by atoms with Gasteiger partial charge in [-0.2, -0.15) is 26.3 Å². The van der Waals surface area contributed by atoms with Crippen molar-refractivity contribution in [3.63, 3.8) is 0 Å². The molecule has 47 heavy (non-hydrogen) atoms. The van der Waals surface area contributed by atoms with E-state index in [-0.39, 0.29) is 33.1 Å². The molecule has 1 fully saturated rings. The van der Waals surface area contributed by atoms with E-state index in [9.17, 15) is 49.5 Å². The van der Waals surface area contributed by atoms with Crippen molar-refractivity contribution in [1.82, 2.24) is 0 Å². The minimum atomic E-state index is -5.00. The molecule has 7 nitrogen and oxygen atoms in total. The number of hydrogen-bond donors (Lipinski definition) is 3. The maximum Gasteiger partial charge on any atom is 0.419 e. The first-order valence-corrected chi connectivity index (χ1v) is 14.2. The van der Waals surface area contributed by atoms with Crippen LogP contribution in [0.15, 0.2) is 48.5 Å². The Morgan fingerprint density at radius 3 is 2.21 bits per heavy atom. The second kappa shape index (κ2) is 13.5. The third-order valence-corrected chi connectivity index (χ3v) is 8.15. The molecule has 0 aliphatic heterocycles. The van der Waals surface area contributed by atoms with Gasteiger partial charge in [-0.15, -0.1) is 23.2 Å². The van der Waals surface area contributed by atoms with Gasteiger partial charge in [-0.05, 0) is 60.5 Å². The van der Waals surface area contributed by atoms with Gasteiger partial charge >= 0.3 is 12.4 Å². The molecule has 1 aliphatic carbocycles. The van der Waals surface area contributed by atoms with Crippen molar-refractivity contribution in [2.24, 2.45) is 5.92 Å². The van der Waals surface area contributed by atoms with Crippen LogP contribution in [0.4, 0.5) is 52.2 Å². The molecule has 3 aromatic rings. The first-order valence-electron chi connectivity index (χ1n) is 13.1. The number of rotatable bonds is 9. The van der Waals surface area contributed by atoms with Gasteiger partial charge in [0.25, 0.3) is 5.91 Å². The smallest absolute Gasteiger partial charge is 0.362 e. The Bertz CT molecular complexity index is 1730. The second-order valence-corrected chi connectivity index (χ2v) is 12.1. The van der Waals surface area contributed by atoms with Gasteiger partial charge in [-0.3, -0.25) is 14.4 Å². The Morgan fingerprint density at radius 2 is 1.57 bits per heavy atom. The maximum atomic E-state index is 14.9. The molecular weight excluding hydrogens is 713 g/mol. The summed E-state index contributed by atoms with van der Waals surface area (Å²) in [5.74, 6) is -7.68. The summed E-state index contributed by atoms with van der Waals surface area (Å²) in [7, 11) is 0. The standard InChI is InChI=1S/C29H20Cl3F8N3O4/c1-12-15(4-7-19(24(12)34)42-21(44)10-47-11-27(35,36)37)25(45)43-20-9-14(3-5-17(20)30)41-26(46)23-22(28(23,31)32)13-2-6-18(33)16(8-13)29(38,39)40/h2-9,22-23H,10-11H2,1H3,(H,41,46)(H,42,44)(H,43,45)/t22-,23+/m0/s1. The van der Waals surface area contributed by atoms with Crippen molar-refractivity contribution < 1.29 is 54.2 Å². The number of carbonyl (C=O) groups excluding carboxylic acids is 3. The van der Waals surface area contributed by atoms with E-state index >= 15 is 0 Å². The second-order valence-electron chi connectivity index (χ2n) is 10.3. The highest BCUT2D eigenvalue weighted by atomic mass is 35.5. The molecule has 1 aliphatic rings. The minimum absolute atomic E-state index is 0.0171. The molecule has 0 bridgehead atoms. The molecule has 0 heterocycles. The van der Waals surface area contributed by atoms with Gasteiger partial charge < -0.3 is 20.7 Å². The minimum Gasteiger partial charge on any atom is -0.362 e. The molecule has 0 aromatic heterocycles. The van der Waals surface area contributed by atoms with Crippen LogP contribution >= 0.6 is 34.8 Å². The van der Waals surface area contributed by atoms with Crippen LogP contribution in [0.2, 0.25) is 5.02 Å². The third-order valence-electron chi connectivity index (χ3n) is 6.88. The molecule has 3 amide bonds. The molecule has 0 unspecified atom stereocenters. The molecule has 3 N–H and O–H groups in total. The SMILES string of the molecule is Cc1c(C(=O)Nc2cc(NC(=O)[C@H]3[C@H](c4ccc(F)c(C(F)(F)F)c4)C3(Cl)Cl)ccc2Cl)ccc(NC(=O)COCC(F)(F)F)c1F. The van der Waals surface area contributed by atoms with Crippen molar-refractivity contribution in [3.05, 3.63) is 87.4 Å². The van der Waals surface area contributed by atoms with Gasteiger partial charge in [-0.25, -0.2) is 8.78 Å². The fourth-order valence-electron chi connectivity index (χ4n) is 4.60. The van der Waals surface area contributed by atoms with Crippen LogP contribution in [0, 0.1) is 24.5 Å². The first-order chi connectivity index (χ1) is 21.7. The fourth-order valence-corrected chi connectivity index (χ4v) is 5.60. The van der Waals surface area contributed by atoms with Crippen LogP contribution in [0.3, 0.4) is 0 Å². The topological polar surface area (TPSA) is 96.5 Å². The summed E-state index contributed by atoms with van der Waals surface area (Å²) in [6, 6.07) is 8.14. The van der Waals surface area contributed by atoms with Crippen molar-refractivity contribution in [2.45, 2.75) is 29.5 Å². The Balaban J connectivity index is 1.44. The molecule has 0 saturated heterocycles. The van der Waals surface area contributed by atoms with Crippen molar-refractivity contribution >= 4 is 69.6 Å². The van der Waals surface area contributed by atoms with E-state index in [0.29, 0.717) is 12.1 Å². The van der Waals surface area contributed by atoms with E-state index in [1.54, 1.807) is 0 Å². The number of amides is 3. The maximum absolute atomic E-state index is 14.9. The number of nitrogens with one attached hydrogen (secondary N) is 3. The summed E-state index contributed by atoms with van der Waals surface area (Å²) in [6.07, 6.45) is -9.66. The number of halogens is 11. The highest BCUT2D eigenvalue weighted by Gasteiger charge is 2.67. The number of hydrogen-bond acceptors (Lipinski definition) is 4. The fraction of sp³-hybridized carbons (Fsp3) is 0.276. The Morgan fingerprint density at radius 1 is 0.894 bits per heavy atom. The van der Waals surface area contributed by atoms with Crippen LogP contribution in [0.1, 0.15) is 33.0 Å². The van der Waals surface area contributed by atoms with Crippen LogP contribution in [-0.4, -0.2) is 41.4 Å². The number of alkyl halides is 8. The average molecular weight is 733 g/mol. The van der Waals surface area contributed by atoms with Crippen LogP contribution < -0.4 is 16.0 Å².